The van der Waals surface area contributed by atoms with Crippen molar-refractivity contribution < 1.29 is 0 Å². The summed E-state index contributed by atoms with van der Waals surface area (Å²) in [6.45, 7) is 0. The molecule has 2 rings (SSSR count). The molecule has 0 heterocycles. The standard InChI is InChI=1S/C15H15ClIN/c16-13-10-12(7-8-14(13)17)15(18)9-6-11-4-2-1-3-5-11/h1-5,7-8,10,15H,6,9,18H2. The van der Waals surface area contributed by atoms with Crippen molar-refractivity contribution in [2.75, 3.05) is 0 Å². The van der Waals surface area contributed by atoms with Crippen LogP contribution in [0.4, 0.5) is 0 Å². The van der Waals surface area contributed by atoms with Gasteiger partial charge in [-0.2, -0.15) is 0 Å². The molecule has 94 valence electrons. The normalized spacial score (nSPS) is 12.4. The van der Waals surface area contributed by atoms with Crippen molar-refractivity contribution in [1.29, 1.82) is 0 Å². The molecule has 2 N–H and O–H groups in total. The van der Waals surface area contributed by atoms with Gasteiger partial charge in [0.15, 0.2) is 0 Å². The maximum atomic E-state index is 6.20. The number of aryl methyl sites for hydroxylation is 1. The first kappa shape index (κ1) is 13.8. The van der Waals surface area contributed by atoms with Crippen LogP contribution in [0.15, 0.2) is 48.5 Å². The second-order valence-corrected chi connectivity index (χ2v) is 5.87. The minimum Gasteiger partial charge on any atom is -0.324 e. The molecule has 2 aromatic carbocycles. The molecule has 0 aromatic heterocycles. The van der Waals surface area contributed by atoms with Gasteiger partial charge in [0.1, 0.15) is 0 Å². The van der Waals surface area contributed by atoms with Crippen molar-refractivity contribution in [3.8, 4) is 0 Å². The van der Waals surface area contributed by atoms with Gasteiger partial charge in [0.2, 0.25) is 0 Å². The van der Waals surface area contributed by atoms with Crippen LogP contribution >= 0.6 is 34.2 Å². The number of rotatable bonds is 4. The Morgan fingerprint density at radius 1 is 1.11 bits per heavy atom. The van der Waals surface area contributed by atoms with Crippen molar-refractivity contribution in [2.24, 2.45) is 5.73 Å². The fourth-order valence-electron chi connectivity index (χ4n) is 1.88. The smallest absolute Gasteiger partial charge is 0.0542 e. The quantitative estimate of drug-likeness (QED) is 0.782. The van der Waals surface area contributed by atoms with Gasteiger partial charge in [-0.15, -0.1) is 0 Å². The molecule has 0 radical (unpaired) electrons. The van der Waals surface area contributed by atoms with Crippen molar-refractivity contribution >= 4 is 34.2 Å². The highest BCUT2D eigenvalue weighted by Gasteiger charge is 2.08. The van der Waals surface area contributed by atoms with E-state index in [9.17, 15) is 0 Å². The highest BCUT2D eigenvalue weighted by Crippen LogP contribution is 2.24. The van der Waals surface area contributed by atoms with Crippen LogP contribution in [-0.2, 0) is 6.42 Å². The van der Waals surface area contributed by atoms with Gasteiger partial charge in [0.05, 0.1) is 5.02 Å². The number of nitrogens with two attached hydrogens (primary N) is 1. The fraction of sp³-hybridized carbons (Fsp3) is 0.200. The van der Waals surface area contributed by atoms with Gasteiger partial charge in [-0.3, -0.25) is 0 Å². The third-order valence-corrected chi connectivity index (χ3v) is 4.53. The van der Waals surface area contributed by atoms with Crippen LogP contribution in [0.2, 0.25) is 5.02 Å². The first-order valence-corrected chi connectivity index (χ1v) is 7.37. The summed E-state index contributed by atoms with van der Waals surface area (Å²) in [5, 5.41) is 0.781. The highest BCUT2D eigenvalue weighted by molar-refractivity contribution is 14.1. The first-order valence-electron chi connectivity index (χ1n) is 5.91. The van der Waals surface area contributed by atoms with E-state index in [2.05, 4.69) is 52.9 Å². The zero-order chi connectivity index (χ0) is 13.0. The molecule has 1 nitrogen and oxygen atoms in total. The average Bonchev–Trinajstić information content (AvgIpc) is 2.40. The van der Waals surface area contributed by atoms with Crippen LogP contribution in [0, 0.1) is 3.57 Å². The molecule has 0 aliphatic rings. The van der Waals surface area contributed by atoms with E-state index in [-0.39, 0.29) is 6.04 Å². The third kappa shape index (κ3) is 3.70. The molecular formula is C15H15ClIN. The van der Waals surface area contributed by atoms with E-state index in [4.69, 9.17) is 17.3 Å². The summed E-state index contributed by atoms with van der Waals surface area (Å²) in [5.41, 5.74) is 8.63. The Hall–Kier alpha value is -0.580. The molecule has 0 bridgehead atoms. The summed E-state index contributed by atoms with van der Waals surface area (Å²) in [7, 11) is 0. The molecule has 0 spiro atoms. The monoisotopic (exact) mass is 371 g/mol. The number of hydrogen-bond acceptors (Lipinski definition) is 1. The zero-order valence-electron chi connectivity index (χ0n) is 9.94. The lowest BCUT2D eigenvalue weighted by molar-refractivity contribution is 0.651. The van der Waals surface area contributed by atoms with Gasteiger partial charge >= 0.3 is 0 Å². The largest absolute Gasteiger partial charge is 0.324 e. The molecule has 3 heteroatoms. The Morgan fingerprint density at radius 2 is 1.83 bits per heavy atom. The summed E-state index contributed by atoms with van der Waals surface area (Å²) in [6.07, 6.45) is 1.92. The zero-order valence-corrected chi connectivity index (χ0v) is 12.9. The molecule has 0 aliphatic heterocycles. The van der Waals surface area contributed by atoms with Crippen LogP contribution in [0.25, 0.3) is 0 Å². The predicted octanol–water partition coefficient (Wildman–Crippen LogP) is 4.58. The van der Waals surface area contributed by atoms with Crippen molar-refractivity contribution in [3.63, 3.8) is 0 Å². The van der Waals surface area contributed by atoms with E-state index >= 15 is 0 Å². The average molecular weight is 372 g/mol. The van der Waals surface area contributed by atoms with E-state index in [1.165, 1.54) is 5.56 Å². The Labute approximate surface area is 126 Å². The highest BCUT2D eigenvalue weighted by atomic mass is 127. The molecule has 0 aliphatic carbocycles. The third-order valence-electron chi connectivity index (χ3n) is 2.96. The second-order valence-electron chi connectivity index (χ2n) is 4.30. The molecule has 0 amide bonds. The maximum absolute atomic E-state index is 6.20. The minimum atomic E-state index is 0.0414. The Kier molecular flexibility index (Phi) is 5.03. The molecule has 1 atom stereocenters. The van der Waals surface area contributed by atoms with Crippen molar-refractivity contribution in [3.05, 3.63) is 68.3 Å². The Balaban J connectivity index is 1.99. The lowest BCUT2D eigenvalue weighted by Crippen LogP contribution is -2.11. The number of benzene rings is 2. The van der Waals surface area contributed by atoms with Crippen LogP contribution in [0.5, 0.6) is 0 Å². The number of halogens is 2. The summed E-state index contributed by atoms with van der Waals surface area (Å²) in [6, 6.07) is 16.5. The van der Waals surface area contributed by atoms with Gasteiger partial charge in [0.25, 0.3) is 0 Å². The molecule has 2 aromatic rings. The summed E-state index contributed by atoms with van der Waals surface area (Å²) in [4.78, 5) is 0. The van der Waals surface area contributed by atoms with E-state index in [1.54, 1.807) is 0 Å². The lowest BCUT2D eigenvalue weighted by atomic mass is 10.00. The van der Waals surface area contributed by atoms with E-state index in [1.807, 2.05) is 18.2 Å². The first-order chi connectivity index (χ1) is 8.66. The number of hydrogen-bond donors (Lipinski definition) is 1. The maximum Gasteiger partial charge on any atom is 0.0542 e. The van der Waals surface area contributed by atoms with E-state index < -0.39 is 0 Å². The SMILES string of the molecule is NC(CCc1ccccc1)c1ccc(I)c(Cl)c1. The molecule has 18 heavy (non-hydrogen) atoms. The Bertz CT molecular complexity index is 513. The minimum absolute atomic E-state index is 0.0414. The topological polar surface area (TPSA) is 26.0 Å². The van der Waals surface area contributed by atoms with Gasteiger partial charge in [-0.25, -0.2) is 0 Å². The van der Waals surface area contributed by atoms with Gasteiger partial charge < -0.3 is 5.73 Å². The predicted molar refractivity (Wildman–Crippen MR) is 85.9 cm³/mol. The summed E-state index contributed by atoms with van der Waals surface area (Å²) < 4.78 is 1.06. The molecule has 0 saturated heterocycles. The Morgan fingerprint density at radius 3 is 2.50 bits per heavy atom. The lowest BCUT2D eigenvalue weighted by Gasteiger charge is -2.13. The molecular weight excluding hydrogens is 357 g/mol. The molecule has 0 saturated carbocycles. The van der Waals surface area contributed by atoms with Crippen molar-refractivity contribution in [2.45, 2.75) is 18.9 Å². The van der Waals surface area contributed by atoms with Crippen LogP contribution < -0.4 is 5.73 Å². The van der Waals surface area contributed by atoms with Gasteiger partial charge in [-0.1, -0.05) is 48.0 Å². The van der Waals surface area contributed by atoms with Crippen LogP contribution in [0.1, 0.15) is 23.6 Å². The van der Waals surface area contributed by atoms with Crippen molar-refractivity contribution in [1.82, 2.24) is 0 Å². The molecule has 1 unspecified atom stereocenters. The second kappa shape index (κ2) is 6.55. The van der Waals surface area contributed by atoms with Gasteiger partial charge in [0, 0.05) is 9.61 Å². The van der Waals surface area contributed by atoms with Crippen LogP contribution in [0.3, 0.4) is 0 Å². The molecule has 0 fully saturated rings. The van der Waals surface area contributed by atoms with E-state index in [0.717, 1.165) is 27.0 Å². The van der Waals surface area contributed by atoms with E-state index in [0.29, 0.717) is 0 Å². The fourth-order valence-corrected chi connectivity index (χ4v) is 2.40. The summed E-state index contributed by atoms with van der Waals surface area (Å²) in [5.74, 6) is 0. The summed E-state index contributed by atoms with van der Waals surface area (Å²) >= 11 is 8.33. The van der Waals surface area contributed by atoms with Crippen LogP contribution in [-0.4, -0.2) is 0 Å². The van der Waals surface area contributed by atoms with Gasteiger partial charge in [-0.05, 0) is 58.7 Å².